The standard InChI is InChI=1S/C18H17N5O3/c1-13(14-6-8-16(9-7-14)22-12-19-11-20-22)21-18(24)10-15-4-2-3-5-17(15)23(25)26/h2-9,11-13H,10H2,1H3,(H,21,24)/t13-/m1/s1. The minimum Gasteiger partial charge on any atom is -0.349 e. The molecule has 1 heterocycles. The molecule has 0 fully saturated rings. The third-order valence-electron chi connectivity index (χ3n) is 3.99. The molecule has 0 bridgehead atoms. The van der Waals surface area contributed by atoms with Gasteiger partial charge in [-0.15, -0.1) is 0 Å². The van der Waals surface area contributed by atoms with E-state index < -0.39 is 4.92 Å². The van der Waals surface area contributed by atoms with Crippen molar-refractivity contribution >= 4 is 11.6 Å². The monoisotopic (exact) mass is 351 g/mol. The maximum absolute atomic E-state index is 12.3. The number of nitro groups is 1. The Morgan fingerprint density at radius 3 is 2.62 bits per heavy atom. The maximum Gasteiger partial charge on any atom is 0.273 e. The summed E-state index contributed by atoms with van der Waals surface area (Å²) >= 11 is 0. The van der Waals surface area contributed by atoms with E-state index in [1.54, 1.807) is 29.2 Å². The molecule has 3 rings (SSSR count). The maximum atomic E-state index is 12.3. The van der Waals surface area contributed by atoms with Crippen LogP contribution in [0.4, 0.5) is 5.69 Å². The molecule has 1 N–H and O–H groups in total. The van der Waals surface area contributed by atoms with Crippen molar-refractivity contribution < 1.29 is 9.72 Å². The zero-order chi connectivity index (χ0) is 18.5. The van der Waals surface area contributed by atoms with Crippen LogP contribution in [0.5, 0.6) is 0 Å². The Kier molecular flexibility index (Phi) is 5.02. The van der Waals surface area contributed by atoms with Crippen molar-refractivity contribution in [3.8, 4) is 5.69 Å². The van der Waals surface area contributed by atoms with Gasteiger partial charge in [0.1, 0.15) is 12.7 Å². The second-order valence-electron chi connectivity index (χ2n) is 5.78. The van der Waals surface area contributed by atoms with Crippen LogP contribution in [0.2, 0.25) is 0 Å². The number of amides is 1. The van der Waals surface area contributed by atoms with Gasteiger partial charge >= 0.3 is 0 Å². The van der Waals surface area contributed by atoms with Crippen LogP contribution in [0.1, 0.15) is 24.1 Å². The van der Waals surface area contributed by atoms with Crippen LogP contribution >= 0.6 is 0 Å². The average Bonchev–Trinajstić information content (AvgIpc) is 3.16. The summed E-state index contributed by atoms with van der Waals surface area (Å²) < 4.78 is 1.64. The van der Waals surface area contributed by atoms with E-state index in [9.17, 15) is 14.9 Å². The fourth-order valence-electron chi connectivity index (χ4n) is 2.64. The second-order valence-corrected chi connectivity index (χ2v) is 5.78. The van der Waals surface area contributed by atoms with Crippen LogP contribution in [0.15, 0.2) is 61.2 Å². The van der Waals surface area contributed by atoms with Gasteiger partial charge in [-0.2, -0.15) is 5.10 Å². The molecule has 1 amide bonds. The number of carbonyl (C=O) groups is 1. The quantitative estimate of drug-likeness (QED) is 0.543. The van der Waals surface area contributed by atoms with E-state index >= 15 is 0 Å². The highest BCUT2D eigenvalue weighted by Gasteiger charge is 2.17. The fraction of sp³-hybridized carbons (Fsp3) is 0.167. The lowest BCUT2D eigenvalue weighted by atomic mass is 10.1. The summed E-state index contributed by atoms with van der Waals surface area (Å²) in [7, 11) is 0. The number of nitrogens with zero attached hydrogens (tertiary/aromatic N) is 4. The summed E-state index contributed by atoms with van der Waals surface area (Å²) in [4.78, 5) is 26.7. The molecule has 26 heavy (non-hydrogen) atoms. The molecule has 0 aliphatic heterocycles. The molecule has 1 aromatic heterocycles. The lowest BCUT2D eigenvalue weighted by Gasteiger charge is -2.15. The third-order valence-corrected chi connectivity index (χ3v) is 3.99. The first-order valence-corrected chi connectivity index (χ1v) is 8.01. The Bertz CT molecular complexity index is 907. The first kappa shape index (κ1) is 17.3. The molecule has 8 nitrogen and oxygen atoms in total. The highest BCUT2D eigenvalue weighted by atomic mass is 16.6. The first-order chi connectivity index (χ1) is 12.5. The Morgan fingerprint density at radius 2 is 1.96 bits per heavy atom. The van der Waals surface area contributed by atoms with Gasteiger partial charge in [0.2, 0.25) is 5.91 Å². The minimum absolute atomic E-state index is 0.0431. The van der Waals surface area contributed by atoms with Crippen molar-refractivity contribution in [3.05, 3.63) is 82.4 Å². The number of benzene rings is 2. The summed E-state index contributed by atoms with van der Waals surface area (Å²) in [6.45, 7) is 1.86. The van der Waals surface area contributed by atoms with E-state index in [1.807, 2.05) is 31.2 Å². The number of para-hydroxylation sites is 1. The van der Waals surface area contributed by atoms with Crippen LogP contribution in [-0.4, -0.2) is 25.6 Å². The third kappa shape index (κ3) is 3.92. The highest BCUT2D eigenvalue weighted by Crippen LogP contribution is 2.19. The second kappa shape index (κ2) is 7.56. The summed E-state index contributed by atoms with van der Waals surface area (Å²) in [6, 6.07) is 13.6. The lowest BCUT2D eigenvalue weighted by Crippen LogP contribution is -2.28. The van der Waals surface area contributed by atoms with Crippen molar-refractivity contribution in [2.24, 2.45) is 0 Å². The van der Waals surface area contributed by atoms with Gasteiger partial charge in [0.25, 0.3) is 5.69 Å². The number of hydrogen-bond donors (Lipinski definition) is 1. The van der Waals surface area contributed by atoms with E-state index in [-0.39, 0.29) is 24.1 Å². The number of nitro benzene ring substituents is 1. The van der Waals surface area contributed by atoms with Gasteiger partial charge in [0.05, 0.1) is 23.1 Å². The summed E-state index contributed by atoms with van der Waals surface area (Å²) in [5, 5.41) is 18.0. The molecular weight excluding hydrogens is 334 g/mol. The van der Waals surface area contributed by atoms with E-state index in [1.165, 1.54) is 12.4 Å². The van der Waals surface area contributed by atoms with E-state index in [2.05, 4.69) is 15.4 Å². The Hall–Kier alpha value is -3.55. The normalized spacial score (nSPS) is 11.7. The van der Waals surface area contributed by atoms with Crippen molar-refractivity contribution in [2.45, 2.75) is 19.4 Å². The number of rotatable bonds is 6. The van der Waals surface area contributed by atoms with Crippen LogP contribution in [0, 0.1) is 10.1 Å². The minimum atomic E-state index is -0.477. The fourth-order valence-corrected chi connectivity index (χ4v) is 2.64. The molecule has 0 radical (unpaired) electrons. The molecule has 0 saturated carbocycles. The predicted octanol–water partition coefficient (Wildman–Crippen LogP) is 2.60. The molecule has 2 aromatic carbocycles. The van der Waals surface area contributed by atoms with Crippen molar-refractivity contribution in [2.75, 3.05) is 0 Å². The first-order valence-electron chi connectivity index (χ1n) is 8.01. The van der Waals surface area contributed by atoms with E-state index in [4.69, 9.17) is 0 Å². The molecule has 0 aliphatic rings. The zero-order valence-electron chi connectivity index (χ0n) is 14.1. The van der Waals surface area contributed by atoms with Gasteiger partial charge in [-0.1, -0.05) is 30.3 Å². The molecule has 0 spiro atoms. The van der Waals surface area contributed by atoms with Gasteiger partial charge in [-0.25, -0.2) is 9.67 Å². The van der Waals surface area contributed by atoms with Crippen LogP contribution < -0.4 is 5.32 Å². The van der Waals surface area contributed by atoms with Gasteiger partial charge in [0, 0.05) is 11.6 Å². The Balaban J connectivity index is 1.65. The van der Waals surface area contributed by atoms with Gasteiger partial charge in [-0.05, 0) is 24.6 Å². The molecule has 0 saturated heterocycles. The SMILES string of the molecule is C[C@@H](NC(=O)Cc1ccccc1[N+](=O)[O-])c1ccc(-n2cncn2)cc1. The molecule has 0 unspecified atom stereocenters. The largest absolute Gasteiger partial charge is 0.349 e. The zero-order valence-corrected chi connectivity index (χ0v) is 14.1. The number of carbonyl (C=O) groups excluding carboxylic acids is 1. The summed E-state index contributed by atoms with van der Waals surface area (Å²) in [5.74, 6) is -0.271. The van der Waals surface area contributed by atoms with Crippen LogP contribution in [-0.2, 0) is 11.2 Å². The molecule has 3 aromatic rings. The molecule has 8 heteroatoms. The Morgan fingerprint density at radius 1 is 1.23 bits per heavy atom. The van der Waals surface area contributed by atoms with Gasteiger partial charge in [-0.3, -0.25) is 14.9 Å². The van der Waals surface area contributed by atoms with Crippen molar-refractivity contribution in [3.63, 3.8) is 0 Å². The summed E-state index contributed by atoms with van der Waals surface area (Å²) in [5.41, 5.74) is 2.13. The van der Waals surface area contributed by atoms with E-state index in [0.29, 0.717) is 5.56 Å². The summed E-state index contributed by atoms with van der Waals surface area (Å²) in [6.07, 6.45) is 3.02. The van der Waals surface area contributed by atoms with Crippen LogP contribution in [0.25, 0.3) is 5.69 Å². The highest BCUT2D eigenvalue weighted by molar-refractivity contribution is 5.80. The van der Waals surface area contributed by atoms with Gasteiger partial charge in [0.15, 0.2) is 0 Å². The predicted molar refractivity (Wildman–Crippen MR) is 94.7 cm³/mol. The average molecular weight is 351 g/mol. The van der Waals surface area contributed by atoms with Crippen molar-refractivity contribution in [1.82, 2.24) is 20.1 Å². The topological polar surface area (TPSA) is 103 Å². The molecular formula is C18H17N5O3. The molecule has 132 valence electrons. The van der Waals surface area contributed by atoms with E-state index in [0.717, 1.165) is 11.3 Å². The molecule has 1 atom stereocenters. The lowest BCUT2D eigenvalue weighted by molar-refractivity contribution is -0.385. The van der Waals surface area contributed by atoms with Crippen molar-refractivity contribution in [1.29, 1.82) is 0 Å². The Labute approximate surface area is 149 Å². The smallest absolute Gasteiger partial charge is 0.273 e. The van der Waals surface area contributed by atoms with Crippen LogP contribution in [0.3, 0.4) is 0 Å². The van der Waals surface area contributed by atoms with Gasteiger partial charge < -0.3 is 5.32 Å². The number of hydrogen-bond acceptors (Lipinski definition) is 5. The molecule has 0 aliphatic carbocycles. The number of aromatic nitrogens is 3. The number of nitrogens with one attached hydrogen (secondary N) is 1.